The monoisotopic (exact) mass is 405 g/mol. The van der Waals surface area contributed by atoms with Gasteiger partial charge in [0.25, 0.3) is 11.8 Å². The minimum atomic E-state index is -0.179. The van der Waals surface area contributed by atoms with Gasteiger partial charge in [0.15, 0.2) is 0 Å². The Morgan fingerprint density at radius 3 is 2.67 bits per heavy atom. The average molecular weight is 406 g/mol. The Hall–Kier alpha value is -3.19. The van der Waals surface area contributed by atoms with Crippen molar-refractivity contribution in [3.63, 3.8) is 0 Å². The van der Waals surface area contributed by atoms with Gasteiger partial charge in [-0.1, -0.05) is 0 Å². The van der Waals surface area contributed by atoms with Crippen molar-refractivity contribution in [2.45, 2.75) is 26.2 Å². The molecule has 0 atom stereocenters. The maximum absolute atomic E-state index is 12.8. The highest BCUT2D eigenvalue weighted by Gasteiger charge is 2.28. The molecule has 0 spiro atoms. The highest BCUT2D eigenvalue weighted by atomic mass is 16.2. The SMILES string of the molecule is CC1=NN(c2ccc(C(=O)NCCCN3CCCC3)cc2)C(=O)/C1=C\c1ccc[nH]1. The van der Waals surface area contributed by atoms with E-state index in [0.717, 1.165) is 18.7 Å². The molecule has 156 valence electrons. The third-order valence-corrected chi connectivity index (χ3v) is 5.49. The minimum Gasteiger partial charge on any atom is -0.362 e. The molecule has 30 heavy (non-hydrogen) atoms. The smallest absolute Gasteiger partial charge is 0.280 e. The number of hydrazone groups is 1. The summed E-state index contributed by atoms with van der Waals surface area (Å²) in [5.41, 5.74) is 3.28. The number of likely N-dealkylation sites (tertiary alicyclic amines) is 1. The lowest BCUT2D eigenvalue weighted by Gasteiger charge is -2.14. The van der Waals surface area contributed by atoms with Gasteiger partial charge in [0, 0.05) is 24.0 Å². The van der Waals surface area contributed by atoms with Crippen LogP contribution in [0, 0.1) is 0 Å². The molecule has 7 heteroatoms. The lowest BCUT2D eigenvalue weighted by Crippen LogP contribution is -2.28. The molecule has 2 amide bonds. The van der Waals surface area contributed by atoms with Gasteiger partial charge in [-0.15, -0.1) is 0 Å². The molecule has 2 aromatic rings. The molecule has 0 radical (unpaired) electrons. The molecule has 2 aliphatic rings. The second-order valence-electron chi connectivity index (χ2n) is 7.69. The van der Waals surface area contributed by atoms with Gasteiger partial charge in [-0.3, -0.25) is 9.59 Å². The quantitative estimate of drug-likeness (QED) is 0.549. The Bertz CT molecular complexity index is 954. The van der Waals surface area contributed by atoms with E-state index < -0.39 is 0 Å². The van der Waals surface area contributed by atoms with Crippen molar-refractivity contribution in [1.82, 2.24) is 15.2 Å². The van der Waals surface area contributed by atoms with Crippen LogP contribution in [0.5, 0.6) is 0 Å². The maximum atomic E-state index is 12.8. The summed E-state index contributed by atoms with van der Waals surface area (Å²) in [5.74, 6) is -0.274. The average Bonchev–Trinajstić information content (AvgIpc) is 3.51. The normalized spacial score (nSPS) is 18.3. The van der Waals surface area contributed by atoms with Crippen LogP contribution < -0.4 is 10.3 Å². The topological polar surface area (TPSA) is 80.8 Å². The van der Waals surface area contributed by atoms with Crippen LogP contribution in [-0.2, 0) is 4.79 Å². The Morgan fingerprint density at radius 1 is 1.20 bits per heavy atom. The van der Waals surface area contributed by atoms with E-state index in [2.05, 4.69) is 20.3 Å². The van der Waals surface area contributed by atoms with Crippen LogP contribution in [0.25, 0.3) is 6.08 Å². The van der Waals surface area contributed by atoms with Gasteiger partial charge < -0.3 is 15.2 Å². The summed E-state index contributed by atoms with van der Waals surface area (Å²) in [6, 6.07) is 10.8. The first-order valence-electron chi connectivity index (χ1n) is 10.5. The van der Waals surface area contributed by atoms with Crippen molar-refractivity contribution in [2.75, 3.05) is 31.2 Å². The summed E-state index contributed by atoms with van der Waals surface area (Å²) in [7, 11) is 0. The lowest BCUT2D eigenvalue weighted by atomic mass is 10.1. The zero-order valence-corrected chi connectivity index (χ0v) is 17.2. The fraction of sp³-hybridized carbons (Fsp3) is 0.348. The fourth-order valence-corrected chi connectivity index (χ4v) is 3.82. The largest absolute Gasteiger partial charge is 0.362 e. The zero-order valence-electron chi connectivity index (χ0n) is 17.2. The molecule has 0 unspecified atom stereocenters. The number of amides is 2. The molecule has 1 fully saturated rings. The van der Waals surface area contributed by atoms with Crippen molar-refractivity contribution in [3.05, 3.63) is 59.4 Å². The number of hydrogen-bond donors (Lipinski definition) is 2. The molecule has 0 aliphatic carbocycles. The summed E-state index contributed by atoms with van der Waals surface area (Å²) in [4.78, 5) is 30.7. The Morgan fingerprint density at radius 2 is 1.97 bits per heavy atom. The number of benzene rings is 1. The highest BCUT2D eigenvalue weighted by molar-refractivity contribution is 6.32. The number of aromatic amines is 1. The van der Waals surface area contributed by atoms with Gasteiger partial charge >= 0.3 is 0 Å². The number of aromatic nitrogens is 1. The molecule has 0 bridgehead atoms. The molecule has 7 nitrogen and oxygen atoms in total. The van der Waals surface area contributed by atoms with Crippen LogP contribution in [0.15, 0.2) is 53.3 Å². The summed E-state index contributed by atoms with van der Waals surface area (Å²) >= 11 is 0. The van der Waals surface area contributed by atoms with Crippen molar-refractivity contribution >= 4 is 29.3 Å². The van der Waals surface area contributed by atoms with Crippen LogP contribution >= 0.6 is 0 Å². The molecule has 1 aromatic carbocycles. The summed E-state index contributed by atoms with van der Waals surface area (Å²) in [5, 5.41) is 8.74. The van der Waals surface area contributed by atoms with Gasteiger partial charge in [0.2, 0.25) is 0 Å². The molecular formula is C23H27N5O2. The molecule has 1 saturated heterocycles. The third-order valence-electron chi connectivity index (χ3n) is 5.49. The van der Waals surface area contributed by atoms with Crippen LogP contribution in [0.4, 0.5) is 5.69 Å². The first kappa shape index (κ1) is 20.1. The van der Waals surface area contributed by atoms with Gasteiger partial charge in [-0.25, -0.2) is 0 Å². The van der Waals surface area contributed by atoms with Crippen molar-refractivity contribution in [3.8, 4) is 0 Å². The predicted molar refractivity (Wildman–Crippen MR) is 118 cm³/mol. The first-order valence-corrected chi connectivity index (χ1v) is 10.5. The van der Waals surface area contributed by atoms with Crippen molar-refractivity contribution < 1.29 is 9.59 Å². The number of anilines is 1. The van der Waals surface area contributed by atoms with Crippen LogP contribution in [0.2, 0.25) is 0 Å². The highest BCUT2D eigenvalue weighted by Crippen LogP contribution is 2.25. The van der Waals surface area contributed by atoms with E-state index >= 15 is 0 Å². The van der Waals surface area contributed by atoms with E-state index in [9.17, 15) is 9.59 Å². The number of H-pyrrole nitrogens is 1. The van der Waals surface area contributed by atoms with Crippen molar-refractivity contribution in [2.24, 2.45) is 5.10 Å². The van der Waals surface area contributed by atoms with Crippen LogP contribution in [-0.4, -0.2) is 53.6 Å². The summed E-state index contributed by atoms with van der Waals surface area (Å²) < 4.78 is 0. The Balaban J connectivity index is 1.34. The van der Waals surface area contributed by atoms with E-state index in [0.29, 0.717) is 29.1 Å². The van der Waals surface area contributed by atoms with E-state index in [1.807, 2.05) is 25.3 Å². The summed E-state index contributed by atoms with van der Waals surface area (Å²) in [6.45, 7) is 5.86. The number of hydrogen-bond acceptors (Lipinski definition) is 4. The zero-order chi connectivity index (χ0) is 20.9. The minimum absolute atomic E-state index is 0.0947. The molecule has 4 rings (SSSR count). The number of nitrogens with one attached hydrogen (secondary N) is 2. The van der Waals surface area contributed by atoms with Gasteiger partial charge in [0.05, 0.1) is 17.0 Å². The Kier molecular flexibility index (Phi) is 6.09. The molecule has 0 saturated carbocycles. The number of carbonyl (C=O) groups excluding carboxylic acids is 2. The van der Waals surface area contributed by atoms with Crippen molar-refractivity contribution in [1.29, 1.82) is 0 Å². The second kappa shape index (κ2) is 9.09. The van der Waals surface area contributed by atoms with E-state index in [1.54, 1.807) is 30.3 Å². The lowest BCUT2D eigenvalue weighted by molar-refractivity contribution is -0.114. The van der Waals surface area contributed by atoms with Gasteiger partial charge in [-0.05, 0) is 88.3 Å². The fourth-order valence-electron chi connectivity index (χ4n) is 3.82. The third kappa shape index (κ3) is 4.52. The molecule has 2 aliphatic heterocycles. The van der Waals surface area contributed by atoms with E-state index in [-0.39, 0.29) is 11.8 Å². The summed E-state index contributed by atoms with van der Waals surface area (Å²) in [6.07, 6.45) is 7.13. The maximum Gasteiger partial charge on any atom is 0.280 e. The van der Waals surface area contributed by atoms with Gasteiger partial charge in [-0.2, -0.15) is 10.1 Å². The van der Waals surface area contributed by atoms with E-state index in [4.69, 9.17) is 0 Å². The number of carbonyl (C=O) groups is 2. The number of rotatable bonds is 7. The molecule has 2 N–H and O–H groups in total. The van der Waals surface area contributed by atoms with Crippen LogP contribution in [0.3, 0.4) is 0 Å². The Labute approximate surface area is 176 Å². The van der Waals surface area contributed by atoms with Crippen LogP contribution in [0.1, 0.15) is 42.2 Å². The molecule has 3 heterocycles. The van der Waals surface area contributed by atoms with Gasteiger partial charge in [0.1, 0.15) is 0 Å². The molecular weight excluding hydrogens is 378 g/mol. The standard InChI is InChI=1S/C23H27N5O2/c1-17-21(16-19-6-4-11-24-19)23(30)28(26-17)20-9-7-18(8-10-20)22(29)25-12-5-15-27-13-2-3-14-27/h4,6-11,16,24H,2-3,5,12-15H2,1H3,(H,25,29)/b21-16-. The van der Waals surface area contributed by atoms with E-state index in [1.165, 1.54) is 30.9 Å². The number of nitrogens with zero attached hydrogens (tertiary/aromatic N) is 3. The second-order valence-corrected chi connectivity index (χ2v) is 7.69. The molecule has 1 aromatic heterocycles. The predicted octanol–water partition coefficient (Wildman–Crippen LogP) is 3.04. The first-order chi connectivity index (χ1) is 14.6.